The van der Waals surface area contributed by atoms with Crippen LogP contribution in [0.15, 0.2) is 72.8 Å². The first-order valence-electron chi connectivity index (χ1n) is 14.2. The monoisotopic (exact) mass is 568 g/mol. The number of nitrogens with one attached hydrogen (secondary N) is 2. The summed E-state index contributed by atoms with van der Waals surface area (Å²) in [4.78, 5) is 60.5. The van der Waals surface area contributed by atoms with E-state index in [1.807, 2.05) is 14.1 Å². The first-order valence-corrected chi connectivity index (χ1v) is 14.2. The van der Waals surface area contributed by atoms with Crippen molar-refractivity contribution in [2.24, 2.45) is 0 Å². The number of piperazine rings is 2. The molecule has 2 fully saturated rings. The number of hydrogen-bond donors (Lipinski definition) is 2. The summed E-state index contributed by atoms with van der Waals surface area (Å²) in [6, 6.07) is 20.2. The van der Waals surface area contributed by atoms with Crippen molar-refractivity contribution in [2.45, 2.75) is 0 Å². The van der Waals surface area contributed by atoms with Gasteiger partial charge in [0.1, 0.15) is 0 Å². The number of benzene rings is 3. The first-order chi connectivity index (χ1) is 20.3. The second kappa shape index (κ2) is 13.0. The lowest BCUT2D eigenvalue weighted by atomic mass is 10.1. The molecule has 10 heteroatoms. The van der Waals surface area contributed by atoms with Gasteiger partial charge in [0.25, 0.3) is 23.6 Å². The van der Waals surface area contributed by atoms with Crippen molar-refractivity contribution < 1.29 is 19.2 Å². The lowest BCUT2D eigenvalue weighted by molar-refractivity contribution is 0.0658. The Morgan fingerprint density at radius 2 is 0.833 bits per heavy atom. The summed E-state index contributed by atoms with van der Waals surface area (Å²) in [5.74, 6) is -0.998. The van der Waals surface area contributed by atoms with Gasteiger partial charge in [-0.1, -0.05) is 24.3 Å². The molecule has 0 saturated carbocycles. The van der Waals surface area contributed by atoms with E-state index in [0.717, 1.165) is 26.2 Å². The smallest absolute Gasteiger partial charge is 0.256 e. The molecule has 2 heterocycles. The molecule has 0 radical (unpaired) electrons. The number of amides is 4. The van der Waals surface area contributed by atoms with Crippen LogP contribution in [0.1, 0.15) is 41.4 Å². The Bertz CT molecular complexity index is 1350. The van der Waals surface area contributed by atoms with Gasteiger partial charge < -0.3 is 30.2 Å². The molecule has 42 heavy (non-hydrogen) atoms. The molecule has 2 aliphatic rings. The molecule has 5 rings (SSSR count). The molecule has 0 aromatic heterocycles. The predicted molar refractivity (Wildman–Crippen MR) is 162 cm³/mol. The molecule has 4 amide bonds. The molecule has 0 aliphatic carbocycles. The van der Waals surface area contributed by atoms with Crippen LogP contribution in [-0.4, -0.2) is 110 Å². The Labute approximate surface area is 245 Å². The number of rotatable bonds is 6. The molecular formula is C32H36N6O4. The van der Waals surface area contributed by atoms with Crippen LogP contribution in [0.4, 0.5) is 11.4 Å². The molecule has 0 bridgehead atoms. The quantitative estimate of drug-likeness (QED) is 0.474. The number of carbonyl (C=O) groups is 4. The fourth-order valence-corrected chi connectivity index (χ4v) is 5.08. The number of para-hydroxylation sites is 2. The Hall–Kier alpha value is -4.54. The van der Waals surface area contributed by atoms with Crippen LogP contribution in [0.5, 0.6) is 0 Å². The predicted octanol–water partition coefficient (Wildman–Crippen LogP) is 2.97. The van der Waals surface area contributed by atoms with E-state index in [1.54, 1.807) is 82.6 Å². The normalized spacial score (nSPS) is 16.1. The van der Waals surface area contributed by atoms with E-state index >= 15 is 0 Å². The molecule has 3 aromatic carbocycles. The molecule has 0 spiro atoms. The number of likely N-dealkylation sites (N-methyl/N-ethyl adjacent to an activating group) is 2. The number of hydrogen-bond acceptors (Lipinski definition) is 6. The maximum absolute atomic E-state index is 13.2. The Kier molecular flexibility index (Phi) is 8.94. The minimum atomic E-state index is -0.385. The molecule has 2 saturated heterocycles. The van der Waals surface area contributed by atoms with E-state index in [0.29, 0.717) is 59.8 Å². The van der Waals surface area contributed by atoms with Gasteiger partial charge in [-0.25, -0.2) is 0 Å². The SMILES string of the molecule is CN1CCN(C(=O)c2ccccc2NC(=O)c2ccc(C(=O)Nc3ccccc3C(=O)N3CCN(C)CC3)cc2)CC1. The van der Waals surface area contributed by atoms with Crippen molar-refractivity contribution in [1.29, 1.82) is 0 Å². The summed E-state index contributed by atoms with van der Waals surface area (Å²) in [6.07, 6.45) is 0. The third kappa shape index (κ3) is 6.67. The summed E-state index contributed by atoms with van der Waals surface area (Å²) in [7, 11) is 4.06. The minimum Gasteiger partial charge on any atom is -0.336 e. The number of carbonyl (C=O) groups excluding carboxylic acids is 4. The Balaban J connectivity index is 1.24. The fraction of sp³-hybridized carbons (Fsp3) is 0.312. The Morgan fingerprint density at radius 1 is 0.500 bits per heavy atom. The highest BCUT2D eigenvalue weighted by atomic mass is 16.2. The van der Waals surface area contributed by atoms with E-state index < -0.39 is 0 Å². The van der Waals surface area contributed by atoms with Crippen LogP contribution in [-0.2, 0) is 0 Å². The third-order valence-electron chi connectivity index (χ3n) is 7.80. The highest BCUT2D eigenvalue weighted by molar-refractivity contribution is 6.11. The van der Waals surface area contributed by atoms with E-state index in [-0.39, 0.29) is 23.6 Å². The summed E-state index contributed by atoms with van der Waals surface area (Å²) < 4.78 is 0. The molecule has 0 unspecified atom stereocenters. The van der Waals surface area contributed by atoms with Crippen molar-refractivity contribution in [1.82, 2.24) is 19.6 Å². The molecule has 0 atom stereocenters. The zero-order chi connectivity index (χ0) is 29.6. The second-order valence-electron chi connectivity index (χ2n) is 10.8. The van der Waals surface area contributed by atoms with Crippen LogP contribution in [0.2, 0.25) is 0 Å². The molecule has 2 N–H and O–H groups in total. The van der Waals surface area contributed by atoms with Crippen LogP contribution in [0.3, 0.4) is 0 Å². The van der Waals surface area contributed by atoms with Crippen molar-refractivity contribution >= 4 is 35.0 Å². The van der Waals surface area contributed by atoms with Gasteiger partial charge in [-0.2, -0.15) is 0 Å². The topological polar surface area (TPSA) is 105 Å². The van der Waals surface area contributed by atoms with Gasteiger partial charge in [-0.05, 0) is 62.6 Å². The maximum Gasteiger partial charge on any atom is 0.256 e. The lowest BCUT2D eigenvalue weighted by Gasteiger charge is -2.32. The summed E-state index contributed by atoms with van der Waals surface area (Å²) in [6.45, 7) is 5.75. The van der Waals surface area contributed by atoms with Crippen molar-refractivity contribution in [3.63, 3.8) is 0 Å². The van der Waals surface area contributed by atoms with Gasteiger partial charge in [0.15, 0.2) is 0 Å². The Morgan fingerprint density at radius 3 is 1.19 bits per heavy atom. The van der Waals surface area contributed by atoms with E-state index in [1.165, 1.54) is 0 Å². The van der Waals surface area contributed by atoms with Gasteiger partial charge >= 0.3 is 0 Å². The third-order valence-corrected chi connectivity index (χ3v) is 7.80. The molecule has 2 aliphatic heterocycles. The highest BCUT2D eigenvalue weighted by Gasteiger charge is 2.24. The molecule has 10 nitrogen and oxygen atoms in total. The van der Waals surface area contributed by atoms with Gasteiger partial charge in [-0.15, -0.1) is 0 Å². The van der Waals surface area contributed by atoms with Crippen molar-refractivity contribution in [2.75, 3.05) is 77.1 Å². The molecule has 3 aromatic rings. The first kappa shape index (κ1) is 29.0. The zero-order valence-corrected chi connectivity index (χ0v) is 24.0. The number of anilines is 2. The van der Waals surface area contributed by atoms with Gasteiger partial charge in [0.2, 0.25) is 0 Å². The average molecular weight is 569 g/mol. The van der Waals surface area contributed by atoms with E-state index in [4.69, 9.17) is 0 Å². The van der Waals surface area contributed by atoms with Gasteiger partial charge in [0.05, 0.1) is 22.5 Å². The standard InChI is InChI=1S/C32H36N6O4/c1-35-15-19-37(20-16-35)31(41)25-7-3-5-9-27(25)33-29(39)23-11-13-24(14-12-23)30(40)34-28-10-6-4-8-26(28)32(42)38-21-17-36(2)18-22-38/h3-14H,15-22H2,1-2H3,(H,33,39)(H,34,40). The summed E-state index contributed by atoms with van der Waals surface area (Å²) >= 11 is 0. The van der Waals surface area contributed by atoms with Crippen molar-refractivity contribution in [3.8, 4) is 0 Å². The zero-order valence-electron chi connectivity index (χ0n) is 24.0. The van der Waals surface area contributed by atoms with E-state index in [2.05, 4.69) is 20.4 Å². The minimum absolute atomic E-state index is 0.114. The largest absolute Gasteiger partial charge is 0.336 e. The number of nitrogens with zero attached hydrogens (tertiary/aromatic N) is 4. The van der Waals surface area contributed by atoms with Crippen LogP contribution < -0.4 is 10.6 Å². The lowest BCUT2D eigenvalue weighted by Crippen LogP contribution is -2.47. The van der Waals surface area contributed by atoms with Gasteiger partial charge in [0, 0.05) is 63.5 Å². The van der Waals surface area contributed by atoms with Crippen LogP contribution >= 0.6 is 0 Å². The fourth-order valence-electron chi connectivity index (χ4n) is 5.08. The van der Waals surface area contributed by atoms with Crippen LogP contribution in [0.25, 0.3) is 0 Å². The second-order valence-corrected chi connectivity index (χ2v) is 10.8. The summed E-state index contributed by atoms with van der Waals surface area (Å²) in [5.41, 5.74) is 2.45. The molecular weight excluding hydrogens is 532 g/mol. The summed E-state index contributed by atoms with van der Waals surface area (Å²) in [5, 5.41) is 5.71. The molecule has 218 valence electrons. The van der Waals surface area contributed by atoms with Gasteiger partial charge in [-0.3, -0.25) is 19.2 Å². The van der Waals surface area contributed by atoms with E-state index in [9.17, 15) is 19.2 Å². The highest BCUT2D eigenvalue weighted by Crippen LogP contribution is 2.21. The average Bonchev–Trinajstić information content (AvgIpc) is 3.02. The van der Waals surface area contributed by atoms with Crippen molar-refractivity contribution in [3.05, 3.63) is 95.1 Å². The maximum atomic E-state index is 13.2. The van der Waals surface area contributed by atoms with Crippen LogP contribution in [0, 0.1) is 0 Å².